The summed E-state index contributed by atoms with van der Waals surface area (Å²) in [4.78, 5) is 22.7. The van der Waals surface area contributed by atoms with Crippen molar-refractivity contribution in [1.82, 2.24) is 35.1 Å². The summed E-state index contributed by atoms with van der Waals surface area (Å²) < 4.78 is 0. The normalized spacial score (nSPS) is 19.3. The van der Waals surface area contributed by atoms with Gasteiger partial charge in [0, 0.05) is 19.0 Å². The van der Waals surface area contributed by atoms with Gasteiger partial charge in [-0.1, -0.05) is 0 Å². The minimum absolute atomic E-state index is 0.330. The number of anilines is 1. The molecule has 0 amide bonds. The summed E-state index contributed by atoms with van der Waals surface area (Å²) in [6.45, 7) is 3.77. The first kappa shape index (κ1) is 12.2. The molecule has 1 unspecified atom stereocenters. The zero-order chi connectivity index (χ0) is 14.2. The van der Waals surface area contributed by atoms with E-state index in [-0.39, 0.29) is 0 Å². The van der Waals surface area contributed by atoms with Crippen molar-refractivity contribution in [3.63, 3.8) is 0 Å². The van der Waals surface area contributed by atoms with Crippen LogP contribution < -0.4 is 4.90 Å². The molecule has 0 bridgehead atoms. The van der Waals surface area contributed by atoms with Crippen LogP contribution in [0.3, 0.4) is 0 Å². The van der Waals surface area contributed by atoms with Gasteiger partial charge in [0.25, 0.3) is 0 Å². The molecule has 21 heavy (non-hydrogen) atoms. The van der Waals surface area contributed by atoms with E-state index in [0.29, 0.717) is 11.6 Å². The van der Waals surface area contributed by atoms with Gasteiger partial charge in [-0.2, -0.15) is 5.10 Å². The van der Waals surface area contributed by atoms with Crippen LogP contribution in [0.25, 0.3) is 11.2 Å². The van der Waals surface area contributed by atoms with Gasteiger partial charge >= 0.3 is 0 Å². The number of hydrogen-bond acceptors (Lipinski definition) is 6. The molecule has 0 saturated carbocycles. The Kier molecular flexibility index (Phi) is 2.80. The van der Waals surface area contributed by atoms with Gasteiger partial charge in [-0.05, 0) is 19.8 Å². The molecule has 1 fully saturated rings. The van der Waals surface area contributed by atoms with Gasteiger partial charge in [0.1, 0.15) is 17.7 Å². The smallest absolute Gasteiger partial charge is 0.182 e. The average molecular weight is 284 g/mol. The minimum Gasteiger partial charge on any atom is -0.354 e. The highest BCUT2D eigenvalue weighted by atomic mass is 15.2. The highest BCUT2D eigenvalue weighted by Crippen LogP contribution is 2.29. The van der Waals surface area contributed by atoms with E-state index in [1.165, 1.54) is 0 Å². The zero-order valence-corrected chi connectivity index (χ0v) is 11.7. The largest absolute Gasteiger partial charge is 0.354 e. The second kappa shape index (κ2) is 4.80. The number of fused-ring (bicyclic) bond motifs is 1. The maximum absolute atomic E-state index is 4.47. The van der Waals surface area contributed by atoms with E-state index in [0.717, 1.165) is 48.9 Å². The lowest BCUT2D eigenvalue weighted by atomic mass is 9.97. The molecule has 1 atom stereocenters. The van der Waals surface area contributed by atoms with Crippen LogP contribution >= 0.6 is 0 Å². The van der Waals surface area contributed by atoms with E-state index >= 15 is 0 Å². The summed E-state index contributed by atoms with van der Waals surface area (Å²) >= 11 is 0. The Labute approximate surface area is 121 Å². The number of imidazole rings is 1. The number of aryl methyl sites for hydroxylation is 1. The first-order valence-electron chi connectivity index (χ1n) is 7.09. The fourth-order valence-corrected chi connectivity index (χ4v) is 2.91. The molecule has 0 spiro atoms. The number of piperidine rings is 1. The molecular formula is C13H16N8. The molecule has 3 aromatic rings. The van der Waals surface area contributed by atoms with Gasteiger partial charge in [0.15, 0.2) is 17.3 Å². The number of H-pyrrole nitrogens is 2. The first-order valence-corrected chi connectivity index (χ1v) is 7.09. The minimum atomic E-state index is 0.330. The average Bonchev–Trinajstić information content (AvgIpc) is 3.15. The molecule has 8 heteroatoms. The van der Waals surface area contributed by atoms with Gasteiger partial charge in [-0.15, -0.1) is 0 Å². The summed E-state index contributed by atoms with van der Waals surface area (Å²) in [6, 6.07) is 0. The number of nitrogens with zero attached hydrogens (tertiary/aromatic N) is 6. The fourth-order valence-electron chi connectivity index (χ4n) is 2.91. The third kappa shape index (κ3) is 2.12. The van der Waals surface area contributed by atoms with Gasteiger partial charge in [0.2, 0.25) is 0 Å². The topological polar surface area (TPSA) is 99.3 Å². The molecule has 3 aromatic heterocycles. The summed E-state index contributed by atoms with van der Waals surface area (Å²) in [5.74, 6) is 3.00. The first-order chi connectivity index (χ1) is 10.3. The molecule has 0 aliphatic carbocycles. The SMILES string of the molecule is Cc1nc(C2CCCN(c3ncnc4nc[nH]c34)C2)n[nH]1. The maximum atomic E-state index is 4.47. The van der Waals surface area contributed by atoms with Crippen molar-refractivity contribution in [2.24, 2.45) is 0 Å². The van der Waals surface area contributed by atoms with Crippen molar-refractivity contribution in [2.45, 2.75) is 25.7 Å². The van der Waals surface area contributed by atoms with Crippen LogP contribution in [0.2, 0.25) is 0 Å². The molecule has 4 rings (SSSR count). The van der Waals surface area contributed by atoms with E-state index < -0.39 is 0 Å². The lowest BCUT2D eigenvalue weighted by Gasteiger charge is -2.32. The molecular weight excluding hydrogens is 268 g/mol. The number of rotatable bonds is 2. The Balaban J connectivity index is 1.65. The van der Waals surface area contributed by atoms with Crippen molar-refractivity contribution >= 4 is 17.0 Å². The van der Waals surface area contributed by atoms with Crippen LogP contribution in [0.5, 0.6) is 0 Å². The Hall–Kier alpha value is -2.51. The number of aromatic nitrogens is 7. The standard InChI is InChI=1S/C13H16N8/c1-8-18-11(20-19-8)9-3-2-4-21(5-9)13-10-12(15-6-14-10)16-7-17-13/h6-7,9H,2-5H2,1H3,(H,18,19,20)(H,14,15,16,17). The van der Waals surface area contributed by atoms with Gasteiger partial charge in [-0.3, -0.25) is 5.10 Å². The van der Waals surface area contributed by atoms with Crippen molar-refractivity contribution < 1.29 is 0 Å². The molecule has 8 nitrogen and oxygen atoms in total. The van der Waals surface area contributed by atoms with E-state index in [4.69, 9.17) is 0 Å². The van der Waals surface area contributed by atoms with Gasteiger partial charge < -0.3 is 9.88 Å². The number of aromatic amines is 2. The fraction of sp³-hybridized carbons (Fsp3) is 0.462. The summed E-state index contributed by atoms with van der Waals surface area (Å²) in [5.41, 5.74) is 1.60. The lowest BCUT2D eigenvalue weighted by Crippen LogP contribution is -2.35. The van der Waals surface area contributed by atoms with Crippen LogP contribution in [0.4, 0.5) is 5.82 Å². The quantitative estimate of drug-likeness (QED) is 0.732. The second-order valence-corrected chi connectivity index (χ2v) is 5.36. The van der Waals surface area contributed by atoms with E-state index in [1.807, 2.05) is 6.92 Å². The predicted molar refractivity (Wildman–Crippen MR) is 77.0 cm³/mol. The Morgan fingerprint density at radius 3 is 3.10 bits per heavy atom. The maximum Gasteiger partial charge on any atom is 0.182 e. The Morgan fingerprint density at radius 1 is 1.29 bits per heavy atom. The molecule has 0 radical (unpaired) electrons. The van der Waals surface area contributed by atoms with E-state index in [2.05, 4.69) is 40.0 Å². The third-order valence-electron chi connectivity index (χ3n) is 3.90. The molecule has 1 aliphatic rings. The van der Waals surface area contributed by atoms with Crippen LogP contribution in [0.1, 0.15) is 30.4 Å². The van der Waals surface area contributed by atoms with Crippen LogP contribution in [-0.2, 0) is 0 Å². The van der Waals surface area contributed by atoms with Crippen molar-refractivity contribution in [2.75, 3.05) is 18.0 Å². The number of hydrogen-bond donors (Lipinski definition) is 2. The van der Waals surface area contributed by atoms with E-state index in [1.54, 1.807) is 12.7 Å². The highest BCUT2D eigenvalue weighted by Gasteiger charge is 2.26. The summed E-state index contributed by atoms with van der Waals surface area (Å²) in [6.07, 6.45) is 5.42. The molecule has 4 heterocycles. The van der Waals surface area contributed by atoms with Crippen LogP contribution in [0.15, 0.2) is 12.7 Å². The van der Waals surface area contributed by atoms with Gasteiger partial charge in [0.05, 0.1) is 6.33 Å². The number of nitrogens with one attached hydrogen (secondary N) is 2. The van der Waals surface area contributed by atoms with Gasteiger partial charge in [-0.25, -0.2) is 19.9 Å². The van der Waals surface area contributed by atoms with Crippen molar-refractivity contribution in [1.29, 1.82) is 0 Å². The molecule has 0 aromatic carbocycles. The van der Waals surface area contributed by atoms with Crippen LogP contribution in [0, 0.1) is 6.92 Å². The van der Waals surface area contributed by atoms with Crippen LogP contribution in [-0.4, -0.2) is 48.2 Å². The monoisotopic (exact) mass is 284 g/mol. The summed E-state index contributed by atoms with van der Waals surface area (Å²) in [7, 11) is 0. The Bertz CT molecular complexity index is 760. The molecule has 2 N–H and O–H groups in total. The van der Waals surface area contributed by atoms with E-state index in [9.17, 15) is 0 Å². The zero-order valence-electron chi connectivity index (χ0n) is 11.7. The second-order valence-electron chi connectivity index (χ2n) is 5.36. The van der Waals surface area contributed by atoms with Crippen molar-refractivity contribution in [3.8, 4) is 0 Å². The molecule has 1 saturated heterocycles. The molecule has 108 valence electrons. The molecule has 1 aliphatic heterocycles. The predicted octanol–water partition coefficient (Wildman–Crippen LogP) is 1.16. The third-order valence-corrected chi connectivity index (χ3v) is 3.90. The highest BCUT2D eigenvalue weighted by molar-refractivity contribution is 5.82. The summed E-state index contributed by atoms with van der Waals surface area (Å²) in [5, 5.41) is 7.23. The van der Waals surface area contributed by atoms with Crippen molar-refractivity contribution in [3.05, 3.63) is 24.3 Å². The Morgan fingerprint density at radius 2 is 2.24 bits per heavy atom. The lowest BCUT2D eigenvalue weighted by molar-refractivity contribution is 0.490.